The molecule has 0 aliphatic heterocycles. The minimum atomic E-state index is -0.989. The van der Waals surface area contributed by atoms with Gasteiger partial charge in [0.05, 0.1) is 11.1 Å². The van der Waals surface area contributed by atoms with Gasteiger partial charge in [0.2, 0.25) is 0 Å². The van der Waals surface area contributed by atoms with Crippen LogP contribution in [-0.4, -0.2) is 21.2 Å². The van der Waals surface area contributed by atoms with E-state index < -0.39 is 5.97 Å². The number of aromatic carboxylic acids is 1. The van der Waals surface area contributed by atoms with E-state index in [1.54, 1.807) is 13.0 Å². The van der Waals surface area contributed by atoms with Crippen LogP contribution >= 0.6 is 0 Å². The molecule has 0 radical (unpaired) electrons. The smallest absolute Gasteiger partial charge is 0.336 e. The maximum atomic E-state index is 11.5. The maximum absolute atomic E-state index is 11.5. The Labute approximate surface area is 117 Å². The minimum Gasteiger partial charge on any atom is -0.478 e. The number of carboxylic acid groups (broad SMARTS) is 1. The van der Waals surface area contributed by atoms with Gasteiger partial charge in [0.15, 0.2) is 5.82 Å². The first-order valence-corrected chi connectivity index (χ1v) is 6.40. The summed E-state index contributed by atoms with van der Waals surface area (Å²) in [6.07, 6.45) is 0. The molecule has 0 bridgehead atoms. The zero-order chi connectivity index (χ0) is 15.1. The van der Waals surface area contributed by atoms with E-state index in [0.717, 1.165) is 5.56 Å². The molecule has 1 heterocycles. The van der Waals surface area contributed by atoms with Crippen LogP contribution in [-0.2, 0) is 5.41 Å². The van der Waals surface area contributed by atoms with Crippen LogP contribution in [0, 0.1) is 13.8 Å². The van der Waals surface area contributed by atoms with Gasteiger partial charge >= 0.3 is 5.97 Å². The Balaban J connectivity index is 2.67. The highest BCUT2D eigenvalue weighted by molar-refractivity contribution is 5.97. The highest BCUT2D eigenvalue weighted by Crippen LogP contribution is 2.30. The van der Waals surface area contributed by atoms with E-state index in [1.807, 2.05) is 33.8 Å². The molecule has 0 saturated heterocycles. The number of carbonyl (C=O) groups is 1. The second kappa shape index (κ2) is 4.74. The number of hydrogen-bond donors (Lipinski definition) is 1. The van der Waals surface area contributed by atoms with Crippen LogP contribution in [0.4, 0.5) is 0 Å². The van der Waals surface area contributed by atoms with Gasteiger partial charge < -0.3 is 9.63 Å². The van der Waals surface area contributed by atoms with Crippen molar-refractivity contribution in [2.45, 2.75) is 40.0 Å². The van der Waals surface area contributed by atoms with Crippen LogP contribution in [0.25, 0.3) is 11.5 Å². The van der Waals surface area contributed by atoms with Gasteiger partial charge in [-0.25, -0.2) is 4.79 Å². The van der Waals surface area contributed by atoms with Crippen molar-refractivity contribution in [3.05, 3.63) is 34.6 Å². The van der Waals surface area contributed by atoms with Crippen LogP contribution < -0.4 is 0 Å². The van der Waals surface area contributed by atoms with E-state index in [4.69, 9.17) is 4.52 Å². The van der Waals surface area contributed by atoms with Gasteiger partial charge in [-0.3, -0.25) is 0 Å². The lowest BCUT2D eigenvalue weighted by Gasteiger charge is -2.11. The fourth-order valence-corrected chi connectivity index (χ4v) is 1.99. The van der Waals surface area contributed by atoms with Gasteiger partial charge in [0.1, 0.15) is 0 Å². The lowest BCUT2D eigenvalue weighted by atomic mass is 9.95. The maximum Gasteiger partial charge on any atom is 0.336 e. The van der Waals surface area contributed by atoms with Crippen LogP contribution in [0.3, 0.4) is 0 Å². The minimum absolute atomic E-state index is 0.217. The van der Waals surface area contributed by atoms with Crippen LogP contribution in [0.1, 0.15) is 48.1 Å². The first-order valence-electron chi connectivity index (χ1n) is 6.40. The molecule has 1 aromatic heterocycles. The Hall–Kier alpha value is -2.17. The molecule has 0 aliphatic rings. The summed E-state index contributed by atoms with van der Waals surface area (Å²) in [5.74, 6) is -0.171. The van der Waals surface area contributed by atoms with E-state index in [1.165, 1.54) is 0 Å². The lowest BCUT2D eigenvalue weighted by molar-refractivity contribution is 0.0696. The predicted molar refractivity (Wildman–Crippen MR) is 74.9 cm³/mol. The summed E-state index contributed by atoms with van der Waals surface area (Å²) in [4.78, 5) is 15.8. The largest absolute Gasteiger partial charge is 0.478 e. The summed E-state index contributed by atoms with van der Waals surface area (Å²) in [6, 6.07) is 3.64. The van der Waals surface area contributed by atoms with Crippen molar-refractivity contribution in [3.63, 3.8) is 0 Å². The highest BCUT2D eigenvalue weighted by atomic mass is 16.5. The standard InChI is InChI=1S/C15H18N2O3/c1-8-6-7-9(2)11(13(18)19)10(8)12-16-14(17-20-12)15(3,4)5/h6-7H,1-5H3,(H,18,19). The monoisotopic (exact) mass is 274 g/mol. The number of rotatable bonds is 2. The second-order valence-electron chi connectivity index (χ2n) is 5.93. The average molecular weight is 274 g/mol. The van der Waals surface area contributed by atoms with Crippen LogP contribution in [0.5, 0.6) is 0 Å². The Morgan fingerprint density at radius 1 is 1.20 bits per heavy atom. The number of aromatic nitrogens is 2. The highest BCUT2D eigenvalue weighted by Gasteiger charge is 2.25. The third-order valence-electron chi connectivity index (χ3n) is 3.15. The molecule has 0 saturated carbocycles. The summed E-state index contributed by atoms with van der Waals surface area (Å²) in [5.41, 5.74) is 1.95. The third-order valence-corrected chi connectivity index (χ3v) is 3.15. The SMILES string of the molecule is Cc1ccc(C)c(-c2nc(C(C)(C)C)no2)c1C(=O)O. The molecule has 1 aromatic carbocycles. The molecule has 0 amide bonds. The van der Waals surface area contributed by atoms with Crippen molar-refractivity contribution in [2.75, 3.05) is 0 Å². The molecule has 106 valence electrons. The van der Waals surface area contributed by atoms with Gasteiger partial charge in [-0.05, 0) is 25.0 Å². The molecule has 20 heavy (non-hydrogen) atoms. The van der Waals surface area contributed by atoms with Crippen molar-refractivity contribution in [1.82, 2.24) is 10.1 Å². The molecule has 2 rings (SSSR count). The summed E-state index contributed by atoms with van der Waals surface area (Å²) in [5, 5.41) is 13.4. The van der Waals surface area contributed by atoms with Gasteiger partial charge in [0.25, 0.3) is 5.89 Å². The molecule has 0 unspecified atom stereocenters. The molecule has 2 aromatic rings. The number of carboxylic acids is 1. The Morgan fingerprint density at radius 2 is 1.80 bits per heavy atom. The summed E-state index contributed by atoms with van der Waals surface area (Å²) < 4.78 is 5.28. The van der Waals surface area contributed by atoms with Crippen LogP contribution in [0.2, 0.25) is 0 Å². The number of benzene rings is 1. The Bertz CT molecular complexity index is 666. The van der Waals surface area contributed by atoms with Crippen molar-refractivity contribution < 1.29 is 14.4 Å². The fourth-order valence-electron chi connectivity index (χ4n) is 1.99. The van der Waals surface area contributed by atoms with Crippen molar-refractivity contribution in [2.24, 2.45) is 0 Å². The van der Waals surface area contributed by atoms with Crippen molar-refractivity contribution in [3.8, 4) is 11.5 Å². The fraction of sp³-hybridized carbons (Fsp3) is 0.400. The molecular weight excluding hydrogens is 256 g/mol. The van der Waals surface area contributed by atoms with Gasteiger partial charge in [0, 0.05) is 5.41 Å². The lowest BCUT2D eigenvalue weighted by Crippen LogP contribution is -2.13. The zero-order valence-electron chi connectivity index (χ0n) is 12.3. The number of nitrogens with zero attached hydrogens (tertiary/aromatic N) is 2. The molecule has 5 heteroatoms. The Morgan fingerprint density at radius 3 is 2.30 bits per heavy atom. The van der Waals surface area contributed by atoms with Crippen molar-refractivity contribution >= 4 is 5.97 Å². The predicted octanol–water partition coefficient (Wildman–Crippen LogP) is 3.35. The summed E-state index contributed by atoms with van der Waals surface area (Å²) in [7, 11) is 0. The first kappa shape index (κ1) is 14.2. The van der Waals surface area contributed by atoms with E-state index in [9.17, 15) is 9.90 Å². The second-order valence-corrected chi connectivity index (χ2v) is 5.93. The first-order chi connectivity index (χ1) is 9.21. The molecule has 0 atom stereocenters. The quantitative estimate of drug-likeness (QED) is 0.908. The van der Waals surface area contributed by atoms with Gasteiger partial charge in [-0.1, -0.05) is 38.1 Å². The van der Waals surface area contributed by atoms with E-state index in [0.29, 0.717) is 17.0 Å². The molecule has 5 nitrogen and oxygen atoms in total. The van der Waals surface area contributed by atoms with Gasteiger partial charge in [-0.15, -0.1) is 0 Å². The third kappa shape index (κ3) is 2.43. The molecule has 1 N–H and O–H groups in total. The summed E-state index contributed by atoms with van der Waals surface area (Å²) in [6.45, 7) is 9.52. The molecule has 0 fully saturated rings. The zero-order valence-corrected chi connectivity index (χ0v) is 12.3. The van der Waals surface area contributed by atoms with Gasteiger partial charge in [-0.2, -0.15) is 4.98 Å². The average Bonchev–Trinajstić information content (AvgIpc) is 2.80. The van der Waals surface area contributed by atoms with E-state index >= 15 is 0 Å². The topological polar surface area (TPSA) is 76.2 Å². The van der Waals surface area contributed by atoms with Crippen LogP contribution in [0.15, 0.2) is 16.7 Å². The van der Waals surface area contributed by atoms with E-state index in [2.05, 4.69) is 10.1 Å². The molecule has 0 aliphatic carbocycles. The number of hydrogen-bond acceptors (Lipinski definition) is 4. The number of aryl methyl sites for hydroxylation is 2. The summed E-state index contributed by atoms with van der Waals surface area (Å²) >= 11 is 0. The normalized spacial score (nSPS) is 11.7. The molecular formula is C15H18N2O3. The Kier molecular flexibility index (Phi) is 3.38. The van der Waals surface area contributed by atoms with Crippen molar-refractivity contribution in [1.29, 1.82) is 0 Å². The van der Waals surface area contributed by atoms with E-state index in [-0.39, 0.29) is 16.9 Å². The molecule has 0 spiro atoms.